The Kier molecular flexibility index (Phi) is 6.87. The fourth-order valence-electron chi connectivity index (χ4n) is 1.38. The predicted molar refractivity (Wildman–Crippen MR) is 76.1 cm³/mol. The van der Waals surface area contributed by atoms with Crippen molar-refractivity contribution in [3.05, 3.63) is 0 Å². The molecular formula is C14H28N2O3. The number of hydrogen-bond acceptors (Lipinski definition) is 2. The lowest BCUT2D eigenvalue weighted by Crippen LogP contribution is -2.46. The molecule has 0 bridgehead atoms. The molecular weight excluding hydrogens is 244 g/mol. The van der Waals surface area contributed by atoms with Gasteiger partial charge >= 0.3 is 12.0 Å². The maximum absolute atomic E-state index is 12.0. The van der Waals surface area contributed by atoms with Crippen LogP contribution in [0.5, 0.6) is 0 Å². The van der Waals surface area contributed by atoms with Gasteiger partial charge in [0, 0.05) is 19.6 Å². The van der Waals surface area contributed by atoms with Gasteiger partial charge in [-0.2, -0.15) is 0 Å². The number of carbonyl (C=O) groups excluding carboxylic acids is 1. The van der Waals surface area contributed by atoms with E-state index in [0.29, 0.717) is 19.0 Å². The summed E-state index contributed by atoms with van der Waals surface area (Å²) in [5, 5.41) is 11.8. The Morgan fingerprint density at radius 2 is 1.79 bits per heavy atom. The summed E-state index contributed by atoms with van der Waals surface area (Å²) < 4.78 is 0. The highest BCUT2D eigenvalue weighted by atomic mass is 16.4. The van der Waals surface area contributed by atoms with Gasteiger partial charge < -0.3 is 15.3 Å². The Labute approximate surface area is 116 Å². The third-order valence-corrected chi connectivity index (χ3v) is 3.84. The molecule has 1 atom stereocenters. The van der Waals surface area contributed by atoms with Gasteiger partial charge in [0.25, 0.3) is 0 Å². The lowest BCUT2D eigenvalue weighted by molar-refractivity contribution is -0.141. The zero-order chi connectivity index (χ0) is 15.2. The van der Waals surface area contributed by atoms with Gasteiger partial charge in [0.1, 0.15) is 0 Å². The zero-order valence-electron chi connectivity index (χ0n) is 13.0. The van der Waals surface area contributed by atoms with E-state index in [0.717, 1.165) is 0 Å². The topological polar surface area (TPSA) is 69.6 Å². The summed E-state index contributed by atoms with van der Waals surface area (Å²) in [5.74, 6) is -0.974. The minimum Gasteiger partial charge on any atom is -0.481 e. The summed E-state index contributed by atoms with van der Waals surface area (Å²) in [4.78, 5) is 24.4. The van der Waals surface area contributed by atoms with Crippen molar-refractivity contribution in [2.24, 2.45) is 17.3 Å². The first-order valence-corrected chi connectivity index (χ1v) is 6.87. The quantitative estimate of drug-likeness (QED) is 0.747. The number of amides is 2. The molecule has 2 N–H and O–H groups in total. The molecule has 0 aromatic rings. The molecule has 0 aliphatic heterocycles. The van der Waals surface area contributed by atoms with Crippen LogP contribution < -0.4 is 5.32 Å². The van der Waals surface area contributed by atoms with Gasteiger partial charge in [0.05, 0.1) is 5.92 Å². The monoisotopic (exact) mass is 272 g/mol. The number of hydrogen-bond donors (Lipinski definition) is 2. The number of rotatable bonds is 7. The van der Waals surface area contributed by atoms with E-state index in [-0.39, 0.29) is 18.0 Å². The van der Waals surface area contributed by atoms with E-state index >= 15 is 0 Å². The van der Waals surface area contributed by atoms with Crippen molar-refractivity contribution in [3.63, 3.8) is 0 Å². The molecule has 0 saturated carbocycles. The number of carbonyl (C=O) groups is 2. The standard InChI is InChI=1S/C14H28N2O3/c1-7-16(8-11(4)12(17)18)13(19)15-9-14(5,6)10(2)3/h10-11H,7-9H2,1-6H3,(H,15,19)(H,17,18). The molecule has 0 aromatic heterocycles. The minimum absolute atomic E-state index is 0.0213. The summed E-state index contributed by atoms with van der Waals surface area (Å²) in [7, 11) is 0. The molecule has 0 aliphatic rings. The van der Waals surface area contributed by atoms with Crippen LogP contribution in [-0.4, -0.2) is 41.6 Å². The first kappa shape index (κ1) is 17.7. The lowest BCUT2D eigenvalue weighted by Gasteiger charge is -2.31. The Morgan fingerprint density at radius 1 is 1.26 bits per heavy atom. The van der Waals surface area contributed by atoms with Crippen LogP contribution in [0.25, 0.3) is 0 Å². The molecule has 0 saturated heterocycles. The van der Waals surface area contributed by atoms with Crippen LogP contribution in [0, 0.1) is 17.3 Å². The van der Waals surface area contributed by atoms with Gasteiger partial charge in [-0.25, -0.2) is 4.79 Å². The molecule has 0 aromatic carbocycles. The van der Waals surface area contributed by atoms with Crippen molar-refractivity contribution >= 4 is 12.0 Å². The number of carboxylic acid groups (broad SMARTS) is 1. The van der Waals surface area contributed by atoms with E-state index < -0.39 is 11.9 Å². The van der Waals surface area contributed by atoms with Crippen molar-refractivity contribution in [2.75, 3.05) is 19.6 Å². The number of urea groups is 1. The Morgan fingerprint density at radius 3 is 2.16 bits per heavy atom. The van der Waals surface area contributed by atoms with Gasteiger partial charge in [-0.05, 0) is 18.3 Å². The first-order chi connectivity index (χ1) is 8.61. The van der Waals surface area contributed by atoms with Crippen molar-refractivity contribution in [1.29, 1.82) is 0 Å². The summed E-state index contributed by atoms with van der Waals surface area (Å²) >= 11 is 0. The second-order valence-corrected chi connectivity index (χ2v) is 6.08. The Balaban J connectivity index is 4.42. The van der Waals surface area contributed by atoms with Crippen molar-refractivity contribution < 1.29 is 14.7 Å². The second kappa shape index (κ2) is 7.36. The summed E-state index contributed by atoms with van der Waals surface area (Å²) in [6.07, 6.45) is 0. The highest BCUT2D eigenvalue weighted by Gasteiger charge is 2.25. The smallest absolute Gasteiger partial charge is 0.317 e. The van der Waals surface area contributed by atoms with E-state index in [2.05, 4.69) is 33.0 Å². The van der Waals surface area contributed by atoms with E-state index in [4.69, 9.17) is 5.11 Å². The Hall–Kier alpha value is -1.26. The average molecular weight is 272 g/mol. The van der Waals surface area contributed by atoms with Gasteiger partial charge in [-0.1, -0.05) is 34.6 Å². The molecule has 2 amide bonds. The fraction of sp³-hybridized carbons (Fsp3) is 0.857. The van der Waals surface area contributed by atoms with E-state index in [1.54, 1.807) is 6.92 Å². The maximum Gasteiger partial charge on any atom is 0.317 e. The van der Waals surface area contributed by atoms with E-state index in [1.165, 1.54) is 4.90 Å². The average Bonchev–Trinajstić information content (AvgIpc) is 2.32. The molecule has 5 heteroatoms. The first-order valence-electron chi connectivity index (χ1n) is 6.87. The third-order valence-electron chi connectivity index (χ3n) is 3.84. The number of nitrogens with zero attached hydrogens (tertiary/aromatic N) is 1. The highest BCUT2D eigenvalue weighted by molar-refractivity contribution is 5.76. The maximum atomic E-state index is 12.0. The second-order valence-electron chi connectivity index (χ2n) is 6.08. The molecule has 0 rings (SSSR count). The van der Waals surface area contributed by atoms with Crippen LogP contribution in [0.3, 0.4) is 0 Å². The molecule has 112 valence electrons. The van der Waals surface area contributed by atoms with E-state index in [9.17, 15) is 9.59 Å². The number of aliphatic carboxylic acids is 1. The minimum atomic E-state index is -0.881. The van der Waals surface area contributed by atoms with Crippen molar-refractivity contribution in [2.45, 2.75) is 41.5 Å². The van der Waals surface area contributed by atoms with Crippen LogP contribution in [0.1, 0.15) is 41.5 Å². The summed E-state index contributed by atoms with van der Waals surface area (Å²) in [5.41, 5.74) is 0.0213. The SMILES string of the molecule is CCN(CC(C)C(=O)O)C(=O)NCC(C)(C)C(C)C. The van der Waals surface area contributed by atoms with Crippen LogP contribution in [0.4, 0.5) is 4.79 Å². The van der Waals surface area contributed by atoms with Crippen LogP contribution >= 0.6 is 0 Å². The molecule has 0 fully saturated rings. The van der Waals surface area contributed by atoms with Crippen molar-refractivity contribution in [1.82, 2.24) is 10.2 Å². The number of carboxylic acids is 1. The van der Waals surface area contributed by atoms with Gasteiger partial charge in [0.15, 0.2) is 0 Å². The predicted octanol–water partition coefficient (Wildman–Crippen LogP) is 2.42. The Bertz CT molecular complexity index is 314. The largest absolute Gasteiger partial charge is 0.481 e. The summed E-state index contributed by atoms with van der Waals surface area (Å²) in [6, 6.07) is -0.190. The normalized spacial score (nSPS) is 13.2. The van der Waals surface area contributed by atoms with E-state index in [1.807, 2.05) is 6.92 Å². The third kappa shape index (κ3) is 5.94. The highest BCUT2D eigenvalue weighted by Crippen LogP contribution is 2.24. The van der Waals surface area contributed by atoms with Crippen LogP contribution in [0.2, 0.25) is 0 Å². The summed E-state index contributed by atoms with van der Waals surface area (Å²) in [6.45, 7) is 13.2. The van der Waals surface area contributed by atoms with Crippen molar-refractivity contribution in [3.8, 4) is 0 Å². The van der Waals surface area contributed by atoms with Crippen LogP contribution in [0.15, 0.2) is 0 Å². The molecule has 5 nitrogen and oxygen atoms in total. The van der Waals surface area contributed by atoms with Gasteiger partial charge in [0.2, 0.25) is 0 Å². The molecule has 0 radical (unpaired) electrons. The lowest BCUT2D eigenvalue weighted by atomic mass is 9.81. The fourth-order valence-corrected chi connectivity index (χ4v) is 1.38. The molecule has 1 unspecified atom stereocenters. The number of nitrogens with one attached hydrogen (secondary N) is 1. The molecule has 0 spiro atoms. The molecule has 0 aliphatic carbocycles. The molecule has 0 heterocycles. The van der Waals surface area contributed by atoms with Gasteiger partial charge in [-0.3, -0.25) is 4.79 Å². The zero-order valence-corrected chi connectivity index (χ0v) is 13.0. The van der Waals surface area contributed by atoms with Gasteiger partial charge in [-0.15, -0.1) is 0 Å². The molecule has 19 heavy (non-hydrogen) atoms. The van der Waals surface area contributed by atoms with Crippen LogP contribution in [-0.2, 0) is 4.79 Å².